The van der Waals surface area contributed by atoms with Crippen molar-refractivity contribution in [1.82, 2.24) is 4.98 Å². The Bertz CT molecular complexity index is 433. The van der Waals surface area contributed by atoms with E-state index in [9.17, 15) is 9.90 Å². The van der Waals surface area contributed by atoms with Gasteiger partial charge in [-0.2, -0.15) is 0 Å². The van der Waals surface area contributed by atoms with Gasteiger partial charge in [0.2, 0.25) is 0 Å². The molecule has 1 aromatic rings. The maximum absolute atomic E-state index is 11.2. The lowest BCUT2D eigenvalue weighted by Crippen LogP contribution is -2.07. The van der Waals surface area contributed by atoms with Crippen molar-refractivity contribution >= 4 is 28.0 Å². The van der Waals surface area contributed by atoms with E-state index in [2.05, 4.69) is 4.98 Å². The van der Waals surface area contributed by atoms with Crippen LogP contribution in [0, 0.1) is 5.92 Å². The van der Waals surface area contributed by atoms with Gasteiger partial charge < -0.3 is 10.8 Å². The van der Waals surface area contributed by atoms with Crippen LogP contribution in [0.4, 0.5) is 5.13 Å². The number of allylic oxidation sites excluding steroid dienone is 1. The third-order valence-corrected chi connectivity index (χ3v) is 3.75. The van der Waals surface area contributed by atoms with Gasteiger partial charge in [0.25, 0.3) is 0 Å². The molecule has 0 saturated heterocycles. The Morgan fingerprint density at radius 3 is 2.71 bits per heavy atom. The second-order valence-corrected chi connectivity index (χ2v) is 5.24. The number of aromatic nitrogens is 1. The molecule has 0 amide bonds. The molecule has 0 aromatic carbocycles. The predicted molar refractivity (Wildman–Crippen MR) is 68.7 cm³/mol. The van der Waals surface area contributed by atoms with Crippen molar-refractivity contribution in [2.45, 2.75) is 32.1 Å². The first-order valence-electron chi connectivity index (χ1n) is 5.83. The maximum Gasteiger partial charge on any atom is 0.337 e. The topological polar surface area (TPSA) is 76.2 Å². The average Bonchev–Trinajstić information content (AvgIpc) is 2.73. The Morgan fingerprint density at radius 1 is 1.47 bits per heavy atom. The second-order valence-electron chi connectivity index (χ2n) is 4.35. The summed E-state index contributed by atoms with van der Waals surface area (Å²) >= 11 is 1.27. The van der Waals surface area contributed by atoms with Crippen molar-refractivity contribution in [1.29, 1.82) is 0 Å². The Morgan fingerprint density at radius 2 is 2.18 bits per heavy atom. The van der Waals surface area contributed by atoms with Crippen molar-refractivity contribution in [3.63, 3.8) is 0 Å². The van der Waals surface area contributed by atoms with Gasteiger partial charge in [-0.05, 0) is 18.8 Å². The Balaban J connectivity index is 2.22. The fourth-order valence-electron chi connectivity index (χ4n) is 2.21. The molecule has 2 rings (SSSR count). The normalized spacial score (nSPS) is 18.2. The molecule has 0 atom stereocenters. The summed E-state index contributed by atoms with van der Waals surface area (Å²) in [4.78, 5) is 15.3. The molecule has 0 unspecified atom stereocenters. The van der Waals surface area contributed by atoms with Gasteiger partial charge in [-0.3, -0.25) is 0 Å². The molecule has 1 aliphatic rings. The van der Waals surface area contributed by atoms with E-state index in [0.29, 0.717) is 22.3 Å². The van der Waals surface area contributed by atoms with Crippen LogP contribution in [0.2, 0.25) is 0 Å². The van der Waals surface area contributed by atoms with Crippen LogP contribution >= 0.6 is 11.3 Å². The summed E-state index contributed by atoms with van der Waals surface area (Å²) < 4.78 is 0. The van der Waals surface area contributed by atoms with Gasteiger partial charge in [0.1, 0.15) is 0 Å². The van der Waals surface area contributed by atoms with Crippen molar-refractivity contribution in [3.05, 3.63) is 17.2 Å². The van der Waals surface area contributed by atoms with E-state index in [-0.39, 0.29) is 0 Å². The molecule has 0 aliphatic heterocycles. The van der Waals surface area contributed by atoms with E-state index in [1.165, 1.54) is 30.6 Å². The second kappa shape index (κ2) is 5.31. The number of nitrogen functional groups attached to an aromatic ring is 1. The van der Waals surface area contributed by atoms with E-state index < -0.39 is 5.97 Å². The van der Waals surface area contributed by atoms with E-state index in [4.69, 9.17) is 5.73 Å². The molecule has 1 aromatic heterocycles. The number of carboxylic acids is 1. The number of rotatable bonds is 3. The number of hydrogen-bond acceptors (Lipinski definition) is 4. The van der Waals surface area contributed by atoms with Gasteiger partial charge in [0.15, 0.2) is 5.13 Å². The van der Waals surface area contributed by atoms with E-state index in [1.807, 2.05) is 6.08 Å². The minimum absolute atomic E-state index is 0.296. The minimum atomic E-state index is -0.916. The van der Waals surface area contributed by atoms with Gasteiger partial charge in [0, 0.05) is 5.38 Å². The van der Waals surface area contributed by atoms with Gasteiger partial charge in [-0.15, -0.1) is 11.3 Å². The molecule has 0 spiro atoms. The van der Waals surface area contributed by atoms with E-state index in [1.54, 1.807) is 5.38 Å². The quantitative estimate of drug-likeness (QED) is 0.811. The lowest BCUT2D eigenvalue weighted by molar-refractivity contribution is -0.130. The van der Waals surface area contributed by atoms with E-state index >= 15 is 0 Å². The van der Waals surface area contributed by atoms with Crippen molar-refractivity contribution in [3.8, 4) is 0 Å². The van der Waals surface area contributed by atoms with Crippen molar-refractivity contribution in [2.24, 2.45) is 5.92 Å². The number of hydrogen-bond donors (Lipinski definition) is 2. The summed E-state index contributed by atoms with van der Waals surface area (Å²) in [6.07, 6.45) is 7.65. The zero-order valence-electron chi connectivity index (χ0n) is 9.56. The lowest BCUT2D eigenvalue weighted by atomic mass is 9.87. The fraction of sp³-hybridized carbons (Fsp3) is 0.500. The zero-order chi connectivity index (χ0) is 12.3. The molecular formula is C12H16N2O2S. The number of nitrogens with two attached hydrogens (primary N) is 1. The van der Waals surface area contributed by atoms with Crippen molar-refractivity contribution < 1.29 is 9.90 Å². The van der Waals surface area contributed by atoms with Gasteiger partial charge >= 0.3 is 5.97 Å². The number of anilines is 1. The highest BCUT2D eigenvalue weighted by Crippen LogP contribution is 2.28. The van der Waals surface area contributed by atoms with Crippen LogP contribution in [0.25, 0.3) is 5.57 Å². The van der Waals surface area contributed by atoms with Crippen LogP contribution in [0.3, 0.4) is 0 Å². The standard InChI is InChI=1S/C12H16N2O2S/c13-12-14-10(7-17-12)9(11(15)16)6-8-4-2-1-3-5-8/h6-8H,1-5H2,(H2,13,14)(H,15,16)/b9-6-. The summed E-state index contributed by atoms with van der Waals surface area (Å²) in [7, 11) is 0. The first-order chi connectivity index (χ1) is 8.16. The number of carbonyl (C=O) groups is 1. The van der Waals surface area contributed by atoms with Crippen LogP contribution in [0.15, 0.2) is 11.5 Å². The van der Waals surface area contributed by atoms with Crippen LogP contribution in [-0.2, 0) is 4.79 Å². The maximum atomic E-state index is 11.2. The molecule has 1 fully saturated rings. The Kier molecular flexibility index (Phi) is 3.78. The van der Waals surface area contributed by atoms with Crippen LogP contribution in [0.1, 0.15) is 37.8 Å². The first kappa shape index (κ1) is 12.1. The third kappa shape index (κ3) is 3.06. The fourth-order valence-corrected chi connectivity index (χ4v) is 2.78. The molecule has 1 aliphatic carbocycles. The van der Waals surface area contributed by atoms with Gasteiger partial charge in [-0.25, -0.2) is 9.78 Å². The molecule has 5 heteroatoms. The molecule has 17 heavy (non-hydrogen) atoms. The minimum Gasteiger partial charge on any atom is -0.478 e. The molecule has 0 radical (unpaired) electrons. The highest BCUT2D eigenvalue weighted by Gasteiger charge is 2.18. The molecule has 92 valence electrons. The van der Waals surface area contributed by atoms with Crippen LogP contribution in [0.5, 0.6) is 0 Å². The number of nitrogens with zero attached hydrogens (tertiary/aromatic N) is 1. The zero-order valence-corrected chi connectivity index (χ0v) is 10.4. The monoisotopic (exact) mass is 252 g/mol. The lowest BCUT2D eigenvalue weighted by Gasteiger charge is -2.18. The third-order valence-electron chi connectivity index (χ3n) is 3.08. The number of aliphatic carboxylic acids is 1. The summed E-state index contributed by atoms with van der Waals surface area (Å²) in [6.45, 7) is 0. The average molecular weight is 252 g/mol. The molecule has 3 N–H and O–H groups in total. The molecule has 1 saturated carbocycles. The molecule has 0 bridgehead atoms. The first-order valence-corrected chi connectivity index (χ1v) is 6.71. The van der Waals surface area contributed by atoms with Crippen LogP contribution in [-0.4, -0.2) is 16.1 Å². The number of carboxylic acid groups (broad SMARTS) is 1. The predicted octanol–water partition coefficient (Wildman–Crippen LogP) is 2.77. The summed E-state index contributed by atoms with van der Waals surface area (Å²) in [5, 5.41) is 11.3. The molecule has 1 heterocycles. The number of thiazole rings is 1. The van der Waals surface area contributed by atoms with E-state index in [0.717, 1.165) is 12.8 Å². The molecule has 4 nitrogen and oxygen atoms in total. The SMILES string of the molecule is Nc1nc(/C(=C/C2CCCCC2)C(=O)O)cs1. The highest BCUT2D eigenvalue weighted by atomic mass is 32.1. The Labute approximate surface area is 104 Å². The summed E-state index contributed by atoms with van der Waals surface area (Å²) in [5.41, 5.74) is 6.32. The largest absolute Gasteiger partial charge is 0.478 e. The Hall–Kier alpha value is -1.36. The van der Waals surface area contributed by atoms with Gasteiger partial charge in [0.05, 0.1) is 11.3 Å². The van der Waals surface area contributed by atoms with Crippen LogP contribution < -0.4 is 5.73 Å². The summed E-state index contributed by atoms with van der Waals surface area (Å²) in [5.74, 6) is -0.543. The smallest absolute Gasteiger partial charge is 0.337 e. The summed E-state index contributed by atoms with van der Waals surface area (Å²) in [6, 6.07) is 0. The van der Waals surface area contributed by atoms with Gasteiger partial charge in [-0.1, -0.05) is 25.3 Å². The van der Waals surface area contributed by atoms with Crippen molar-refractivity contribution in [2.75, 3.05) is 5.73 Å². The molecular weight excluding hydrogens is 236 g/mol. The highest BCUT2D eigenvalue weighted by molar-refractivity contribution is 7.13.